The number of methoxy groups -OCH3 is 1. The zero-order valence-corrected chi connectivity index (χ0v) is 11.2. The highest BCUT2D eigenvalue weighted by Crippen LogP contribution is 2.34. The topological polar surface area (TPSA) is 66.8 Å². The van der Waals surface area contributed by atoms with Crippen molar-refractivity contribution in [1.82, 2.24) is 0 Å². The highest BCUT2D eigenvalue weighted by molar-refractivity contribution is 6.05. The molecule has 5 heteroatoms. The monoisotopic (exact) mass is 263 g/mol. The molecule has 1 heterocycles. The molecule has 5 nitrogen and oxygen atoms in total. The summed E-state index contributed by atoms with van der Waals surface area (Å²) >= 11 is 0. The summed E-state index contributed by atoms with van der Waals surface area (Å²) in [7, 11) is 1.44. The number of carbonyl (C=O) groups is 2. The van der Waals surface area contributed by atoms with Crippen LogP contribution in [0.1, 0.15) is 19.4 Å². The number of carboxylic acid groups (broad SMARTS) is 1. The van der Waals surface area contributed by atoms with Crippen LogP contribution in [0.5, 0.6) is 0 Å². The first kappa shape index (κ1) is 13.5. The van der Waals surface area contributed by atoms with Crippen LogP contribution in [0.2, 0.25) is 0 Å². The van der Waals surface area contributed by atoms with Crippen LogP contribution in [-0.2, 0) is 20.7 Å². The largest absolute Gasteiger partial charge is 0.480 e. The number of nitrogens with zero attached hydrogens (tertiary/aromatic N) is 1. The average Bonchev–Trinajstić information content (AvgIpc) is 2.77. The molecular weight excluding hydrogens is 246 g/mol. The van der Waals surface area contributed by atoms with Crippen molar-refractivity contribution in [3.63, 3.8) is 0 Å². The minimum Gasteiger partial charge on any atom is -0.480 e. The average molecular weight is 263 g/mol. The number of ether oxygens (including phenoxy) is 1. The number of fused-ring (bicyclic) bond motifs is 1. The highest BCUT2D eigenvalue weighted by atomic mass is 16.5. The number of carboxylic acids is 1. The number of hydrogen-bond donors (Lipinski definition) is 1. The minimum absolute atomic E-state index is 0.330. The number of benzene rings is 1. The Morgan fingerprint density at radius 1 is 1.37 bits per heavy atom. The summed E-state index contributed by atoms with van der Waals surface area (Å²) in [6, 6.07) is 6.38. The molecule has 2 rings (SSSR count). The van der Waals surface area contributed by atoms with Crippen molar-refractivity contribution in [2.45, 2.75) is 31.9 Å². The zero-order valence-electron chi connectivity index (χ0n) is 11.2. The lowest BCUT2D eigenvalue weighted by Gasteiger charge is -2.31. The molecule has 0 fully saturated rings. The Morgan fingerprint density at radius 2 is 2.00 bits per heavy atom. The van der Waals surface area contributed by atoms with E-state index in [1.807, 2.05) is 12.1 Å². The van der Waals surface area contributed by atoms with Gasteiger partial charge in [0.2, 0.25) is 0 Å². The van der Waals surface area contributed by atoms with Crippen LogP contribution in [0.15, 0.2) is 24.3 Å². The van der Waals surface area contributed by atoms with Crippen molar-refractivity contribution in [2.75, 3.05) is 12.0 Å². The molecule has 0 unspecified atom stereocenters. The molecule has 0 radical (unpaired) electrons. The number of para-hydroxylation sites is 1. The molecule has 1 aromatic rings. The molecule has 1 atom stereocenters. The van der Waals surface area contributed by atoms with Gasteiger partial charge in [-0.1, -0.05) is 18.2 Å². The van der Waals surface area contributed by atoms with Crippen LogP contribution in [0, 0.1) is 0 Å². The van der Waals surface area contributed by atoms with Gasteiger partial charge in [-0.3, -0.25) is 9.69 Å². The first-order valence-electron chi connectivity index (χ1n) is 6.08. The Labute approximate surface area is 111 Å². The molecule has 0 bridgehead atoms. The number of rotatable bonds is 3. The fraction of sp³-hybridized carbons (Fsp3) is 0.429. The maximum atomic E-state index is 12.5. The fourth-order valence-corrected chi connectivity index (χ4v) is 2.21. The van der Waals surface area contributed by atoms with Gasteiger partial charge in [0.1, 0.15) is 11.6 Å². The molecule has 102 valence electrons. The number of hydrogen-bond acceptors (Lipinski definition) is 3. The smallest absolute Gasteiger partial charge is 0.327 e. The second-order valence-corrected chi connectivity index (χ2v) is 5.08. The Morgan fingerprint density at radius 3 is 2.58 bits per heavy atom. The highest BCUT2D eigenvalue weighted by Gasteiger charge is 2.43. The first-order chi connectivity index (χ1) is 8.88. The summed E-state index contributed by atoms with van der Waals surface area (Å²) in [5.41, 5.74) is 0.477. The second-order valence-electron chi connectivity index (χ2n) is 5.08. The molecular formula is C14H17NO4. The summed E-state index contributed by atoms with van der Waals surface area (Å²) in [4.78, 5) is 25.2. The third-order valence-corrected chi connectivity index (χ3v) is 3.51. The van der Waals surface area contributed by atoms with E-state index >= 15 is 0 Å². The zero-order chi connectivity index (χ0) is 14.2. The molecule has 0 aliphatic carbocycles. The van der Waals surface area contributed by atoms with Crippen molar-refractivity contribution in [2.24, 2.45) is 0 Å². The maximum absolute atomic E-state index is 12.5. The van der Waals surface area contributed by atoms with Gasteiger partial charge in [-0.05, 0) is 25.5 Å². The van der Waals surface area contributed by atoms with E-state index in [4.69, 9.17) is 4.74 Å². The van der Waals surface area contributed by atoms with Crippen molar-refractivity contribution < 1.29 is 19.4 Å². The van der Waals surface area contributed by atoms with Gasteiger partial charge in [-0.2, -0.15) is 0 Å². The molecule has 0 spiro atoms. The molecule has 1 N–H and O–H groups in total. The van der Waals surface area contributed by atoms with Gasteiger partial charge in [-0.25, -0.2) is 4.79 Å². The summed E-state index contributed by atoms with van der Waals surface area (Å²) in [5, 5.41) is 9.31. The third kappa shape index (κ3) is 2.21. The Kier molecular flexibility index (Phi) is 3.32. The predicted octanol–water partition coefficient (Wildman–Crippen LogP) is 1.45. The normalized spacial score (nSPS) is 18.3. The van der Waals surface area contributed by atoms with Crippen LogP contribution in [0.4, 0.5) is 5.69 Å². The summed E-state index contributed by atoms with van der Waals surface area (Å²) in [6.07, 6.45) is 0.330. The molecule has 19 heavy (non-hydrogen) atoms. The lowest BCUT2D eigenvalue weighted by molar-refractivity contribution is -0.143. The van der Waals surface area contributed by atoms with Crippen molar-refractivity contribution in [3.8, 4) is 0 Å². The van der Waals surface area contributed by atoms with Gasteiger partial charge in [-0.15, -0.1) is 0 Å². The number of amides is 1. The van der Waals surface area contributed by atoms with Crippen molar-refractivity contribution >= 4 is 17.6 Å². The fourth-order valence-electron chi connectivity index (χ4n) is 2.21. The van der Waals surface area contributed by atoms with Crippen LogP contribution in [-0.4, -0.2) is 35.7 Å². The second kappa shape index (κ2) is 4.66. The molecule has 1 aliphatic rings. The SMILES string of the molecule is COC(C)(C)C(=O)N1c2ccccc2C[C@H]1C(=O)O. The first-order valence-corrected chi connectivity index (χ1v) is 6.08. The molecule has 1 amide bonds. The van der Waals surface area contributed by atoms with Gasteiger partial charge in [0.05, 0.1) is 0 Å². The van der Waals surface area contributed by atoms with E-state index in [1.54, 1.807) is 26.0 Å². The van der Waals surface area contributed by atoms with Crippen LogP contribution >= 0.6 is 0 Å². The van der Waals surface area contributed by atoms with Crippen molar-refractivity contribution in [3.05, 3.63) is 29.8 Å². The molecule has 1 aliphatic heterocycles. The predicted molar refractivity (Wildman–Crippen MR) is 70.1 cm³/mol. The molecule has 0 aromatic heterocycles. The lowest BCUT2D eigenvalue weighted by atomic mass is 10.1. The third-order valence-electron chi connectivity index (χ3n) is 3.51. The van der Waals surface area contributed by atoms with E-state index in [9.17, 15) is 14.7 Å². The van der Waals surface area contributed by atoms with Gasteiger partial charge < -0.3 is 9.84 Å². The van der Waals surface area contributed by atoms with Gasteiger partial charge >= 0.3 is 5.97 Å². The number of carbonyl (C=O) groups excluding carboxylic acids is 1. The Balaban J connectivity index is 2.45. The minimum atomic E-state index is -1.05. The van der Waals surface area contributed by atoms with Gasteiger partial charge in [0.25, 0.3) is 5.91 Å². The van der Waals surface area contributed by atoms with Crippen LogP contribution in [0.25, 0.3) is 0 Å². The van der Waals surface area contributed by atoms with E-state index in [1.165, 1.54) is 12.0 Å². The molecule has 0 saturated carbocycles. The maximum Gasteiger partial charge on any atom is 0.327 e. The van der Waals surface area contributed by atoms with Crippen molar-refractivity contribution in [1.29, 1.82) is 0 Å². The Bertz CT molecular complexity index is 524. The summed E-state index contributed by atoms with van der Waals surface area (Å²) in [6.45, 7) is 3.27. The standard InChI is InChI=1S/C14H17NO4/c1-14(2,19-3)13(18)15-10-7-5-4-6-9(10)8-11(15)12(16)17/h4-7,11H,8H2,1-3H3,(H,16,17)/t11-/m0/s1. The number of anilines is 1. The van der Waals surface area contributed by atoms with E-state index in [0.29, 0.717) is 12.1 Å². The van der Waals surface area contributed by atoms with E-state index in [0.717, 1.165) is 5.56 Å². The number of aliphatic carboxylic acids is 1. The van der Waals surface area contributed by atoms with Crippen LogP contribution < -0.4 is 4.90 Å². The van der Waals surface area contributed by atoms with Gasteiger partial charge in [0.15, 0.2) is 0 Å². The van der Waals surface area contributed by atoms with Crippen LogP contribution in [0.3, 0.4) is 0 Å². The summed E-state index contributed by atoms with van der Waals surface area (Å²) < 4.78 is 5.17. The Hall–Kier alpha value is -1.88. The summed E-state index contributed by atoms with van der Waals surface area (Å²) in [5.74, 6) is -1.34. The quantitative estimate of drug-likeness (QED) is 0.896. The van der Waals surface area contributed by atoms with E-state index in [-0.39, 0.29) is 5.91 Å². The molecule has 1 aromatic carbocycles. The molecule has 0 saturated heterocycles. The lowest BCUT2D eigenvalue weighted by Crippen LogP contribution is -2.52. The van der Waals surface area contributed by atoms with E-state index in [2.05, 4.69) is 0 Å². The van der Waals surface area contributed by atoms with Gasteiger partial charge in [0, 0.05) is 19.2 Å². The van der Waals surface area contributed by atoms with E-state index < -0.39 is 17.6 Å².